The number of ether oxygens (including phenoxy) is 3. The highest BCUT2D eigenvalue weighted by molar-refractivity contribution is 6.32. The highest BCUT2D eigenvalue weighted by Gasteiger charge is 2.42. The van der Waals surface area contributed by atoms with Crippen LogP contribution in [0.15, 0.2) is 109 Å². The average molecular weight is 1480 g/mol. The summed E-state index contributed by atoms with van der Waals surface area (Å²) in [5.74, 6) is -14.7. The number of carboxylic acid groups (broad SMARTS) is 1. The number of carbonyl (C=O) groups excluding carboxylic acids is 6. The number of phenolic OH excluding ortho intramolecular Hbond substituents is 6. The average Bonchev–Trinajstić information content (AvgIpc) is 0.750. The summed E-state index contributed by atoms with van der Waals surface area (Å²) in [6.45, 7) is 2.47. The van der Waals surface area contributed by atoms with E-state index in [0.717, 1.165) is 80.6 Å². The van der Waals surface area contributed by atoms with Gasteiger partial charge in [0.25, 0.3) is 0 Å². The van der Waals surface area contributed by atoms with Crippen molar-refractivity contribution in [3.8, 4) is 80.1 Å². The molecule has 6 aliphatic heterocycles. The molecule has 7 aromatic carbocycles. The molecule has 554 valence electrons. The predicted octanol–water partition coefficient (Wildman–Crippen LogP) is 11.3. The van der Waals surface area contributed by atoms with Crippen LogP contribution in [-0.4, -0.2) is 101 Å². The third kappa shape index (κ3) is 17.8. The molecule has 0 radical (unpaired) electrons. The summed E-state index contributed by atoms with van der Waals surface area (Å²) in [6, 6.07) is 7.74. The quantitative estimate of drug-likeness (QED) is 0.0315. The van der Waals surface area contributed by atoms with E-state index < -0.39 is 147 Å². The minimum absolute atomic E-state index is 0.122. The maximum absolute atomic E-state index is 16.0. The summed E-state index contributed by atoms with van der Waals surface area (Å²) in [4.78, 5) is 105. The summed E-state index contributed by atoms with van der Waals surface area (Å²) in [5.41, 5.74) is 4.43. The number of phenols is 6. The molecule has 6 amide bonds. The number of carboxylic acids is 1. The van der Waals surface area contributed by atoms with Crippen LogP contribution in [0.4, 0.5) is 0 Å². The Balaban J connectivity index is 0.988. The van der Waals surface area contributed by atoms with Gasteiger partial charge in [-0.15, -0.1) is 0 Å². The van der Waals surface area contributed by atoms with Gasteiger partial charge in [-0.05, 0) is 125 Å². The van der Waals surface area contributed by atoms with E-state index >= 15 is 24.0 Å². The molecule has 0 aliphatic carbocycles. The van der Waals surface area contributed by atoms with Crippen molar-refractivity contribution < 1.29 is 88.6 Å². The van der Waals surface area contributed by atoms with Gasteiger partial charge < -0.3 is 98.0 Å². The fourth-order valence-electron chi connectivity index (χ4n) is 13.5. The lowest BCUT2D eigenvalue weighted by Crippen LogP contribution is -2.55. The maximum Gasteiger partial charge on any atom is 0.330 e. The molecular weight excluding hydrogens is 1400 g/mol. The number of aromatic hydroxyl groups is 6. The van der Waals surface area contributed by atoms with E-state index in [1.54, 1.807) is 0 Å². The molecule has 8 atom stereocenters. The van der Waals surface area contributed by atoms with Gasteiger partial charge in [0.05, 0.1) is 15.6 Å². The molecule has 6 heterocycles. The van der Waals surface area contributed by atoms with Gasteiger partial charge in [0, 0.05) is 35.7 Å². The van der Waals surface area contributed by atoms with Crippen LogP contribution in [0.2, 0.25) is 10.0 Å². The number of rotatable bonds is 20. The molecule has 17 N–H and O–H groups in total. The Morgan fingerprint density at radius 3 is 1.66 bits per heavy atom. The van der Waals surface area contributed by atoms with Crippen LogP contribution >= 0.6 is 23.2 Å². The molecular formula is C77H84Cl2N8O18. The number of carbonyl (C=O) groups is 7. The fourth-order valence-corrected chi connectivity index (χ4v) is 14.0. The molecule has 0 spiro atoms. The normalized spacial score (nSPS) is 20.1. The molecule has 28 heteroatoms. The van der Waals surface area contributed by atoms with Crippen LogP contribution in [0.3, 0.4) is 0 Å². The monoisotopic (exact) mass is 1480 g/mol. The smallest absolute Gasteiger partial charge is 0.330 e. The zero-order chi connectivity index (χ0) is 74.8. The summed E-state index contributed by atoms with van der Waals surface area (Å²) in [7, 11) is 0. The van der Waals surface area contributed by atoms with Gasteiger partial charge in [-0.25, -0.2) is 4.79 Å². The van der Waals surface area contributed by atoms with E-state index in [-0.39, 0.29) is 85.0 Å². The Hall–Kier alpha value is -10.5. The van der Waals surface area contributed by atoms with Gasteiger partial charge in [-0.3, -0.25) is 28.8 Å². The van der Waals surface area contributed by atoms with Crippen molar-refractivity contribution in [3.05, 3.63) is 164 Å². The first-order valence-corrected chi connectivity index (χ1v) is 36.0. The molecule has 0 fully saturated rings. The van der Waals surface area contributed by atoms with E-state index in [9.17, 15) is 50.4 Å². The van der Waals surface area contributed by atoms with Crippen molar-refractivity contribution in [2.45, 2.75) is 171 Å². The summed E-state index contributed by atoms with van der Waals surface area (Å²) in [6.07, 6.45) is 16.3. The molecule has 0 saturated carbocycles. The second-order valence-electron chi connectivity index (χ2n) is 26.8. The number of halogens is 2. The minimum atomic E-state index is -2.21. The van der Waals surface area contributed by atoms with Gasteiger partial charge in [0.2, 0.25) is 41.2 Å². The molecule has 7 unspecified atom stereocenters. The van der Waals surface area contributed by atoms with Crippen LogP contribution in [0.1, 0.15) is 190 Å². The Bertz CT molecular complexity index is 4460. The van der Waals surface area contributed by atoms with E-state index in [1.165, 1.54) is 131 Å². The second-order valence-corrected chi connectivity index (χ2v) is 27.7. The van der Waals surface area contributed by atoms with Gasteiger partial charge in [-0.1, -0.05) is 151 Å². The zero-order valence-electron chi connectivity index (χ0n) is 57.4. The molecule has 0 aromatic heterocycles. The van der Waals surface area contributed by atoms with E-state index in [4.69, 9.17) is 43.1 Å². The number of hydrogen-bond donors (Lipinski definition) is 16. The predicted molar refractivity (Wildman–Crippen MR) is 386 cm³/mol. The lowest BCUT2D eigenvalue weighted by atomic mass is 9.88. The van der Waals surface area contributed by atoms with Crippen molar-refractivity contribution in [2.24, 2.45) is 5.73 Å². The van der Waals surface area contributed by atoms with Gasteiger partial charge in [-0.2, -0.15) is 0 Å². The zero-order valence-corrected chi connectivity index (χ0v) is 59.0. The van der Waals surface area contributed by atoms with Crippen molar-refractivity contribution in [3.63, 3.8) is 0 Å². The van der Waals surface area contributed by atoms with Crippen molar-refractivity contribution >= 4 is 64.6 Å². The van der Waals surface area contributed by atoms with Gasteiger partial charge in [0.1, 0.15) is 82.6 Å². The summed E-state index contributed by atoms with van der Waals surface area (Å²) < 4.78 is 18.6. The molecule has 6 aliphatic rings. The maximum atomic E-state index is 16.0. The number of unbranched alkanes of at least 4 members (excludes halogenated alkanes) is 15. The summed E-state index contributed by atoms with van der Waals surface area (Å²) in [5, 5.41) is 112. The minimum Gasteiger partial charge on any atom is -0.508 e. The number of amides is 6. The molecule has 105 heavy (non-hydrogen) atoms. The standard InChI is InChI=1S/C77H84Cl2N8O18/c1-2-3-4-5-6-7-8-9-10-11-12-13-14-15-16-17-26-81-38-49-55(91)37-48-61(69(49)93)47-31-41(20-22-53(47)89)63-73(97)87-67(76(100)86-66(48)77(101)102)68(92)42-21-25-57(51(79)32-42)105-60-35-44-34-59(70(60)94)104-56-24-18-39(27-50(56)78)28-52-71(95)83-64(74(98)85-65(44)75(99)84-63)43-29-45(88)36-46(30-43)103-58-33-40(19-23-54(58)90)62(80)72(96)82-52/h18-25,27,29-37,52,62-68,81,88-94H,2-17,26,28,38,80H2,1H3,(H,82,96)(H,83,95)(H,84,99)(H,85,98)(H,86,100)(H,87,97)(H,101,102)/t52?,62?,63?,64?,65?,66-,67?,68?/m1/s1. The molecule has 7 aromatic rings. The largest absolute Gasteiger partial charge is 0.508 e. The topological polar surface area (TPSA) is 419 Å². The van der Waals surface area contributed by atoms with Crippen molar-refractivity contribution in [1.29, 1.82) is 0 Å². The Kier molecular flexibility index (Phi) is 24.5. The highest BCUT2D eigenvalue weighted by Crippen LogP contribution is 2.49. The Labute approximate surface area is 614 Å². The molecule has 0 saturated heterocycles. The number of aliphatic carboxylic acids is 1. The molecule has 26 nitrogen and oxygen atoms in total. The van der Waals surface area contributed by atoms with Crippen LogP contribution in [0.5, 0.6) is 69.0 Å². The third-order valence-electron chi connectivity index (χ3n) is 19.2. The number of nitrogens with one attached hydrogen (secondary N) is 7. The number of fused-ring (bicyclic) bond motifs is 14. The van der Waals surface area contributed by atoms with Crippen molar-refractivity contribution in [1.82, 2.24) is 37.2 Å². The van der Waals surface area contributed by atoms with Gasteiger partial charge in [0.15, 0.2) is 29.0 Å². The van der Waals surface area contributed by atoms with E-state index in [1.807, 2.05) is 0 Å². The van der Waals surface area contributed by atoms with E-state index in [2.05, 4.69) is 44.1 Å². The summed E-state index contributed by atoms with van der Waals surface area (Å²) >= 11 is 13.8. The van der Waals surface area contributed by atoms with Crippen LogP contribution < -0.4 is 57.2 Å². The van der Waals surface area contributed by atoms with Crippen LogP contribution in [0, 0.1) is 0 Å². The second kappa shape index (κ2) is 33.9. The first-order valence-electron chi connectivity index (χ1n) is 35.2. The van der Waals surface area contributed by atoms with E-state index in [0.29, 0.717) is 12.1 Å². The lowest BCUT2D eigenvalue weighted by molar-refractivity contribution is -0.143. The third-order valence-corrected chi connectivity index (χ3v) is 19.8. The number of nitrogens with two attached hydrogens (primary N) is 1. The van der Waals surface area contributed by atoms with Crippen LogP contribution in [-0.2, 0) is 46.5 Å². The van der Waals surface area contributed by atoms with Crippen LogP contribution in [0.25, 0.3) is 11.1 Å². The molecule has 17 bridgehead atoms. The first-order chi connectivity index (χ1) is 50.4. The number of hydrogen-bond acceptors (Lipinski definition) is 19. The Morgan fingerprint density at radius 1 is 0.495 bits per heavy atom. The number of benzene rings is 7. The van der Waals surface area contributed by atoms with Gasteiger partial charge >= 0.3 is 5.97 Å². The lowest BCUT2D eigenvalue weighted by Gasteiger charge is -2.31. The first kappa shape index (κ1) is 75.6. The fraction of sp³-hybridized carbons (Fsp3) is 0.364. The van der Waals surface area contributed by atoms with Crippen molar-refractivity contribution in [2.75, 3.05) is 6.54 Å². The number of aliphatic hydroxyl groups is 1. The Morgan fingerprint density at radius 2 is 1.04 bits per heavy atom. The SMILES string of the molecule is CCCCCCCCCCCCCCCCCCNCc1c(O)cc2c(c1O)-c1cc(ccc1O)C1NC(=O)C3NC(=O)C4NC(=O)C(Cc5ccc(c(Cl)c5)Oc5cc3cc(c5O)Oc3ccc(cc3Cl)C(O)C(NC1=O)C(=O)N[C@H]2C(=O)O)NC(=O)C(N)c1ccc(O)c(c1)Oc1cc(O)cc4c1. The highest BCUT2D eigenvalue weighted by atomic mass is 35.5. The number of aliphatic hydroxyl groups excluding tert-OH is 1. The molecule has 13 rings (SSSR count).